The van der Waals surface area contributed by atoms with Gasteiger partial charge in [-0.1, -0.05) is 62.2 Å². The Morgan fingerprint density at radius 3 is 2.25 bits per heavy atom. The quantitative estimate of drug-likeness (QED) is 0.288. The summed E-state index contributed by atoms with van der Waals surface area (Å²) in [6.07, 6.45) is -3.14. The third-order valence-corrected chi connectivity index (χ3v) is 8.19. The Balaban J connectivity index is 0.000000676. The van der Waals surface area contributed by atoms with Crippen LogP contribution in [-0.4, -0.2) is 54.4 Å². The van der Waals surface area contributed by atoms with E-state index >= 15 is 8.78 Å². The van der Waals surface area contributed by atoms with Gasteiger partial charge in [0.1, 0.15) is 17.0 Å². The van der Waals surface area contributed by atoms with Gasteiger partial charge in [-0.15, -0.1) is 0 Å². The average Bonchev–Trinajstić information content (AvgIpc) is 3.23. The van der Waals surface area contributed by atoms with E-state index < -0.39 is 47.2 Å². The van der Waals surface area contributed by atoms with E-state index in [9.17, 15) is 23.2 Å². The van der Waals surface area contributed by atoms with Crippen molar-refractivity contribution < 1.29 is 36.6 Å². The molecule has 2 aliphatic heterocycles. The predicted molar refractivity (Wildman–Crippen MR) is 155 cm³/mol. The number of halogens is 7. The Hall–Kier alpha value is -2.98. The largest absolute Gasteiger partial charge is 0.490 e. The third kappa shape index (κ3) is 7.99. The van der Waals surface area contributed by atoms with Crippen LogP contribution in [0, 0.1) is 28.4 Å². The fraction of sp³-hybridized carbons (Fsp3) is 0.500. The summed E-state index contributed by atoms with van der Waals surface area (Å²) < 4.78 is 63.0. The summed E-state index contributed by atoms with van der Waals surface area (Å²) in [5.74, 6) is -5.56. The molecule has 14 heteroatoms. The second-order valence-electron chi connectivity index (χ2n) is 12.0. The summed E-state index contributed by atoms with van der Waals surface area (Å²) in [7, 11) is 0. The number of piperidine rings is 1. The molecule has 0 aromatic heterocycles. The number of alkyl halides is 3. The number of carboxylic acid groups (broad SMARTS) is 1. The summed E-state index contributed by atoms with van der Waals surface area (Å²) in [4.78, 5) is 22.7. The summed E-state index contributed by atoms with van der Waals surface area (Å²) >= 11 is 12.2. The summed E-state index contributed by atoms with van der Waals surface area (Å²) in [6.45, 7) is 7.58. The summed E-state index contributed by atoms with van der Waals surface area (Å²) in [5, 5.41) is 27.8. The number of hydrogen-bond donors (Lipinski definition) is 4. The first-order valence-corrected chi connectivity index (χ1v) is 14.6. The number of nitriles is 1. The van der Waals surface area contributed by atoms with Gasteiger partial charge in [0.2, 0.25) is 5.91 Å². The number of benzene rings is 2. The Bertz CT molecular complexity index is 1410. The lowest BCUT2D eigenvalue weighted by molar-refractivity contribution is -0.192. The van der Waals surface area contributed by atoms with Crippen LogP contribution in [0.1, 0.15) is 57.1 Å². The minimum Gasteiger partial charge on any atom is -0.475 e. The maximum absolute atomic E-state index is 15.6. The first kappa shape index (κ1) is 35.5. The highest BCUT2D eigenvalue weighted by Gasteiger charge is 2.61. The second kappa shape index (κ2) is 14.0. The second-order valence-corrected chi connectivity index (χ2v) is 12.9. The van der Waals surface area contributed by atoms with Crippen LogP contribution in [0.25, 0.3) is 0 Å². The molecule has 0 spiro atoms. The summed E-state index contributed by atoms with van der Waals surface area (Å²) in [5.41, 5.74) is -1.75. The number of amides is 1. The number of carbonyl (C=O) groups excluding carboxylic acids is 1. The standard InChI is InChI=1S/C28H32Cl2F2N4O.C2HF3O2/c1-27(2,3)14-22-28(15-33,19-8-7-16(29)13-21(19)31)23(18-5-4-6-20(30)24(18)32)25(36-22)26(37)35-17-9-11-34-12-10-17;3-2(4,5)1(6)7/h4-8,13,17,22-23,25,34,36H,9-12,14H2,1-3H3,(H,35,37);(H,6,7)/t22-,23-,25+,28-;/m0./s1. The van der Waals surface area contributed by atoms with Crippen molar-refractivity contribution in [2.75, 3.05) is 13.1 Å². The molecular formula is C30H33Cl2F5N4O3. The maximum atomic E-state index is 15.6. The topological polar surface area (TPSA) is 114 Å². The van der Waals surface area contributed by atoms with Crippen molar-refractivity contribution >= 4 is 35.1 Å². The Morgan fingerprint density at radius 2 is 1.73 bits per heavy atom. The van der Waals surface area contributed by atoms with Gasteiger partial charge < -0.3 is 21.1 Å². The van der Waals surface area contributed by atoms with E-state index in [1.807, 2.05) is 20.8 Å². The molecule has 2 fully saturated rings. The molecule has 4 atom stereocenters. The highest BCUT2D eigenvalue weighted by molar-refractivity contribution is 6.31. The molecule has 2 saturated heterocycles. The lowest BCUT2D eigenvalue weighted by Gasteiger charge is -2.37. The lowest BCUT2D eigenvalue weighted by atomic mass is 9.62. The zero-order valence-corrected chi connectivity index (χ0v) is 25.7. The molecule has 0 saturated carbocycles. The fourth-order valence-electron chi connectivity index (χ4n) is 5.81. The van der Waals surface area contributed by atoms with Crippen LogP contribution >= 0.6 is 23.2 Å². The molecule has 0 aliphatic carbocycles. The highest BCUT2D eigenvalue weighted by atomic mass is 35.5. The molecular weight excluding hydrogens is 630 g/mol. The van der Waals surface area contributed by atoms with Crippen molar-refractivity contribution in [3.05, 3.63) is 69.2 Å². The molecule has 2 aliphatic rings. The van der Waals surface area contributed by atoms with Gasteiger partial charge in [-0.25, -0.2) is 13.6 Å². The van der Waals surface area contributed by atoms with Crippen molar-refractivity contribution in [3.63, 3.8) is 0 Å². The van der Waals surface area contributed by atoms with Crippen LogP contribution in [-0.2, 0) is 15.0 Å². The van der Waals surface area contributed by atoms with E-state index in [-0.39, 0.29) is 38.5 Å². The van der Waals surface area contributed by atoms with Crippen molar-refractivity contribution in [1.29, 1.82) is 5.26 Å². The first-order valence-electron chi connectivity index (χ1n) is 13.8. The van der Waals surface area contributed by atoms with Gasteiger partial charge >= 0.3 is 12.1 Å². The van der Waals surface area contributed by atoms with Crippen LogP contribution in [0.5, 0.6) is 0 Å². The molecule has 0 unspecified atom stereocenters. The normalized spacial score (nSPS) is 24.2. The minimum atomic E-state index is -5.08. The van der Waals surface area contributed by atoms with E-state index in [1.54, 1.807) is 6.07 Å². The fourth-order valence-corrected chi connectivity index (χ4v) is 6.15. The van der Waals surface area contributed by atoms with E-state index in [1.165, 1.54) is 24.3 Å². The lowest BCUT2D eigenvalue weighted by Crippen LogP contribution is -2.51. The van der Waals surface area contributed by atoms with Crippen molar-refractivity contribution in [2.24, 2.45) is 5.41 Å². The van der Waals surface area contributed by atoms with Gasteiger partial charge in [0, 0.05) is 28.6 Å². The molecule has 4 rings (SSSR count). The molecule has 2 aromatic rings. The van der Waals surface area contributed by atoms with E-state index in [4.69, 9.17) is 33.1 Å². The monoisotopic (exact) mass is 662 g/mol. The average molecular weight is 664 g/mol. The maximum Gasteiger partial charge on any atom is 0.490 e. The number of carbonyl (C=O) groups is 2. The molecule has 44 heavy (non-hydrogen) atoms. The van der Waals surface area contributed by atoms with Gasteiger partial charge in [0.05, 0.1) is 17.1 Å². The van der Waals surface area contributed by atoms with Gasteiger partial charge in [-0.2, -0.15) is 18.4 Å². The van der Waals surface area contributed by atoms with Crippen LogP contribution in [0.2, 0.25) is 10.0 Å². The van der Waals surface area contributed by atoms with Crippen molar-refractivity contribution in [3.8, 4) is 6.07 Å². The number of rotatable bonds is 5. The molecule has 1 amide bonds. The van der Waals surface area contributed by atoms with Crippen molar-refractivity contribution in [1.82, 2.24) is 16.0 Å². The van der Waals surface area contributed by atoms with Crippen LogP contribution in [0.15, 0.2) is 36.4 Å². The minimum absolute atomic E-state index is 0.0502. The highest BCUT2D eigenvalue weighted by Crippen LogP contribution is 2.52. The van der Waals surface area contributed by atoms with Crippen molar-refractivity contribution in [2.45, 2.75) is 75.7 Å². The predicted octanol–water partition coefficient (Wildman–Crippen LogP) is 6.09. The number of carboxylic acids is 1. The third-order valence-electron chi connectivity index (χ3n) is 7.66. The Labute approximate surface area is 262 Å². The number of nitrogens with one attached hydrogen (secondary N) is 3. The van der Waals surface area contributed by atoms with E-state index in [0.29, 0.717) is 6.42 Å². The Kier molecular flexibility index (Phi) is 11.3. The molecule has 0 bridgehead atoms. The van der Waals surface area contributed by atoms with Gasteiger partial charge in [0.15, 0.2) is 0 Å². The molecule has 7 nitrogen and oxygen atoms in total. The molecule has 2 aromatic carbocycles. The molecule has 4 N–H and O–H groups in total. The van der Waals surface area contributed by atoms with Crippen LogP contribution in [0.3, 0.4) is 0 Å². The zero-order chi connectivity index (χ0) is 33.0. The Morgan fingerprint density at radius 1 is 1.11 bits per heavy atom. The first-order chi connectivity index (χ1) is 20.4. The van der Waals surface area contributed by atoms with E-state index in [2.05, 4.69) is 22.0 Å². The van der Waals surface area contributed by atoms with Gasteiger partial charge in [0.25, 0.3) is 0 Å². The number of hydrogen-bond acceptors (Lipinski definition) is 5. The molecule has 2 heterocycles. The smallest absolute Gasteiger partial charge is 0.475 e. The number of aliphatic carboxylic acids is 1. The van der Waals surface area contributed by atoms with Crippen LogP contribution < -0.4 is 16.0 Å². The zero-order valence-electron chi connectivity index (χ0n) is 24.2. The number of nitrogens with zero attached hydrogens (tertiary/aromatic N) is 1. The van der Waals surface area contributed by atoms with Crippen LogP contribution in [0.4, 0.5) is 22.0 Å². The molecule has 0 radical (unpaired) electrons. The van der Waals surface area contributed by atoms with E-state index in [0.717, 1.165) is 32.0 Å². The molecule has 240 valence electrons. The summed E-state index contributed by atoms with van der Waals surface area (Å²) in [6, 6.07) is 9.31. The van der Waals surface area contributed by atoms with Gasteiger partial charge in [-0.05, 0) is 61.5 Å². The SMILES string of the molecule is CC(C)(C)C[C@@H]1N[C@@H](C(=O)NC2CCNCC2)[C@H](c2cccc(Cl)c2F)[C@@]1(C#N)c1ccc(Cl)cc1F.O=C(O)C(F)(F)F. The van der Waals surface area contributed by atoms with Gasteiger partial charge in [-0.3, -0.25) is 4.79 Å².